The van der Waals surface area contributed by atoms with Crippen LogP contribution in [0.1, 0.15) is 5.56 Å². The minimum absolute atomic E-state index is 0.304. The van der Waals surface area contributed by atoms with E-state index in [9.17, 15) is 4.79 Å². The van der Waals surface area contributed by atoms with Gasteiger partial charge in [-0.2, -0.15) is 0 Å². The molecule has 154 valence electrons. The molecule has 1 aromatic heterocycles. The fraction of sp³-hybridized carbons (Fsp3) is 0.0370. The Balaban J connectivity index is 1.85. The fourth-order valence-corrected chi connectivity index (χ4v) is 4.55. The van der Waals surface area contributed by atoms with Gasteiger partial charge in [0, 0.05) is 26.8 Å². The monoisotopic (exact) mass is 437 g/mol. The van der Waals surface area contributed by atoms with Crippen LogP contribution in [0.4, 0.5) is 0 Å². The SMILES string of the molecule is COc1ccc2ccc3oc(-c4ccccc4)c(C4=c5cc(Cl)ccc5=NC4=O)c3c2c1. The first-order chi connectivity index (χ1) is 15.6. The van der Waals surface area contributed by atoms with E-state index in [0.29, 0.717) is 32.5 Å². The van der Waals surface area contributed by atoms with Crippen molar-refractivity contribution in [3.05, 3.63) is 100 Å². The lowest BCUT2D eigenvalue weighted by Crippen LogP contribution is -2.23. The Hall–Kier alpha value is -3.89. The lowest BCUT2D eigenvalue weighted by molar-refractivity contribution is -0.112. The number of rotatable bonds is 3. The summed E-state index contributed by atoms with van der Waals surface area (Å²) in [6.07, 6.45) is 0. The maximum atomic E-state index is 13.2. The highest BCUT2D eigenvalue weighted by Gasteiger charge is 2.28. The van der Waals surface area contributed by atoms with E-state index in [1.54, 1.807) is 25.3 Å². The van der Waals surface area contributed by atoms with Gasteiger partial charge < -0.3 is 9.15 Å². The van der Waals surface area contributed by atoms with Crippen molar-refractivity contribution < 1.29 is 13.9 Å². The Bertz CT molecular complexity index is 1680. The number of amides is 1. The van der Waals surface area contributed by atoms with E-state index in [0.717, 1.165) is 33.0 Å². The van der Waals surface area contributed by atoms with Crippen LogP contribution in [-0.2, 0) is 4.79 Å². The Morgan fingerprint density at radius 2 is 1.75 bits per heavy atom. The number of methoxy groups -OCH3 is 1. The third-order valence-electron chi connectivity index (χ3n) is 5.83. The minimum atomic E-state index is -0.304. The van der Waals surface area contributed by atoms with E-state index in [1.165, 1.54) is 0 Å². The third-order valence-corrected chi connectivity index (χ3v) is 6.06. The largest absolute Gasteiger partial charge is 0.497 e. The summed E-state index contributed by atoms with van der Waals surface area (Å²) in [4.78, 5) is 17.5. The minimum Gasteiger partial charge on any atom is -0.497 e. The number of hydrogen-bond donors (Lipinski definition) is 0. The molecule has 0 N–H and O–H groups in total. The highest BCUT2D eigenvalue weighted by atomic mass is 35.5. The molecule has 1 aliphatic rings. The topological polar surface area (TPSA) is 51.8 Å². The molecule has 2 heterocycles. The van der Waals surface area contributed by atoms with Crippen molar-refractivity contribution in [2.24, 2.45) is 4.99 Å². The molecule has 1 amide bonds. The van der Waals surface area contributed by atoms with E-state index in [-0.39, 0.29) is 5.91 Å². The predicted molar refractivity (Wildman–Crippen MR) is 125 cm³/mol. The molecule has 0 bridgehead atoms. The highest BCUT2D eigenvalue weighted by molar-refractivity contribution is 6.31. The predicted octanol–water partition coefficient (Wildman–Crippen LogP) is 5.27. The first-order valence-electron chi connectivity index (χ1n) is 10.2. The van der Waals surface area contributed by atoms with Gasteiger partial charge in [0.1, 0.15) is 17.1 Å². The third kappa shape index (κ3) is 2.77. The zero-order valence-electron chi connectivity index (χ0n) is 17.1. The van der Waals surface area contributed by atoms with Crippen LogP contribution in [0.15, 0.2) is 88.3 Å². The van der Waals surface area contributed by atoms with Crippen molar-refractivity contribution in [1.82, 2.24) is 0 Å². The molecule has 0 saturated carbocycles. The second kappa shape index (κ2) is 7.08. The zero-order valence-corrected chi connectivity index (χ0v) is 17.8. The summed E-state index contributed by atoms with van der Waals surface area (Å²) in [5.74, 6) is 1.05. The summed E-state index contributed by atoms with van der Waals surface area (Å²) in [5, 5.41) is 4.69. The molecule has 4 aromatic carbocycles. The quantitative estimate of drug-likeness (QED) is 0.386. The van der Waals surface area contributed by atoms with Crippen LogP contribution in [0.5, 0.6) is 5.75 Å². The number of benzene rings is 4. The van der Waals surface area contributed by atoms with Crippen LogP contribution in [0, 0.1) is 0 Å². The van der Waals surface area contributed by atoms with Crippen LogP contribution in [0.25, 0.3) is 38.6 Å². The molecule has 32 heavy (non-hydrogen) atoms. The van der Waals surface area contributed by atoms with Gasteiger partial charge in [0.05, 0.1) is 18.0 Å². The molecule has 0 atom stereocenters. The van der Waals surface area contributed by atoms with Gasteiger partial charge in [-0.05, 0) is 47.2 Å². The zero-order chi connectivity index (χ0) is 21.8. The van der Waals surface area contributed by atoms with Crippen molar-refractivity contribution >= 4 is 44.8 Å². The van der Waals surface area contributed by atoms with Crippen LogP contribution in [0.2, 0.25) is 5.02 Å². The van der Waals surface area contributed by atoms with E-state index in [1.807, 2.05) is 60.7 Å². The number of hydrogen-bond acceptors (Lipinski definition) is 3. The van der Waals surface area contributed by atoms with Crippen LogP contribution in [-0.4, -0.2) is 13.0 Å². The van der Waals surface area contributed by atoms with Gasteiger partial charge in [-0.1, -0.05) is 54.1 Å². The Morgan fingerprint density at radius 1 is 0.938 bits per heavy atom. The van der Waals surface area contributed by atoms with Crippen molar-refractivity contribution in [1.29, 1.82) is 0 Å². The van der Waals surface area contributed by atoms with Crippen molar-refractivity contribution in [2.45, 2.75) is 0 Å². The number of halogens is 1. The van der Waals surface area contributed by atoms with Gasteiger partial charge in [0.2, 0.25) is 0 Å². The summed E-state index contributed by atoms with van der Waals surface area (Å²) < 4.78 is 11.9. The van der Waals surface area contributed by atoms with Gasteiger partial charge >= 0.3 is 0 Å². The van der Waals surface area contributed by atoms with E-state index < -0.39 is 0 Å². The second-order valence-corrected chi connectivity index (χ2v) is 8.09. The van der Waals surface area contributed by atoms with Crippen LogP contribution >= 0.6 is 11.6 Å². The normalized spacial score (nSPS) is 12.9. The Kier molecular flexibility index (Phi) is 4.17. The standard InChI is InChI=1S/C27H16ClNO3/c1-31-18-10-7-15-8-12-22-23(19(15)14-18)25(26(32-22)16-5-3-2-4-6-16)24-20-13-17(28)9-11-21(20)29-27(24)30/h2-14H,1H3. The maximum absolute atomic E-state index is 13.2. The van der Waals surface area contributed by atoms with E-state index >= 15 is 0 Å². The Labute approximate surface area is 188 Å². The molecule has 0 radical (unpaired) electrons. The van der Waals surface area contributed by atoms with E-state index in [2.05, 4.69) is 4.99 Å². The van der Waals surface area contributed by atoms with Gasteiger partial charge in [-0.25, -0.2) is 4.99 Å². The van der Waals surface area contributed by atoms with Crippen molar-refractivity contribution in [3.63, 3.8) is 0 Å². The summed E-state index contributed by atoms with van der Waals surface area (Å²) >= 11 is 6.30. The number of carbonyl (C=O) groups excluding carboxylic acids is 1. The lowest BCUT2D eigenvalue weighted by Gasteiger charge is -2.07. The molecule has 5 aromatic rings. The lowest BCUT2D eigenvalue weighted by atomic mass is 9.94. The summed E-state index contributed by atoms with van der Waals surface area (Å²) in [7, 11) is 1.64. The van der Waals surface area contributed by atoms with Crippen molar-refractivity contribution in [2.75, 3.05) is 7.11 Å². The van der Waals surface area contributed by atoms with E-state index in [4.69, 9.17) is 20.8 Å². The van der Waals surface area contributed by atoms with Gasteiger partial charge in [0.15, 0.2) is 0 Å². The number of fused-ring (bicyclic) bond motifs is 4. The highest BCUT2D eigenvalue weighted by Crippen LogP contribution is 2.42. The molecule has 5 heteroatoms. The number of carbonyl (C=O) groups is 1. The maximum Gasteiger partial charge on any atom is 0.279 e. The molecule has 0 unspecified atom stereocenters. The average Bonchev–Trinajstić information content (AvgIpc) is 3.35. The van der Waals surface area contributed by atoms with Gasteiger partial charge in [0.25, 0.3) is 5.91 Å². The van der Waals surface area contributed by atoms with Gasteiger partial charge in [-0.15, -0.1) is 0 Å². The molecular weight excluding hydrogens is 422 g/mol. The summed E-state index contributed by atoms with van der Waals surface area (Å²) in [6.45, 7) is 0. The number of nitrogens with zero attached hydrogens (tertiary/aromatic N) is 1. The number of furan rings is 1. The molecule has 4 nitrogen and oxygen atoms in total. The fourth-order valence-electron chi connectivity index (χ4n) is 4.38. The van der Waals surface area contributed by atoms with Crippen LogP contribution in [0.3, 0.4) is 0 Å². The van der Waals surface area contributed by atoms with Crippen molar-refractivity contribution in [3.8, 4) is 17.1 Å². The molecule has 1 aliphatic heterocycles. The first-order valence-corrected chi connectivity index (χ1v) is 10.5. The average molecular weight is 438 g/mol. The smallest absolute Gasteiger partial charge is 0.279 e. The molecule has 6 rings (SSSR count). The second-order valence-electron chi connectivity index (χ2n) is 7.65. The molecule has 0 fully saturated rings. The molecule has 0 saturated heterocycles. The van der Waals surface area contributed by atoms with Crippen LogP contribution < -0.4 is 15.3 Å². The first kappa shape index (κ1) is 18.8. The molecule has 0 spiro atoms. The molecule has 0 aliphatic carbocycles. The molecular formula is C27H16ClNO3. The Morgan fingerprint density at radius 3 is 2.56 bits per heavy atom. The summed E-state index contributed by atoms with van der Waals surface area (Å²) in [6, 6.07) is 24.9. The number of ether oxygens (including phenoxy) is 1. The summed E-state index contributed by atoms with van der Waals surface area (Å²) in [5.41, 5.74) is 2.79. The van der Waals surface area contributed by atoms with Gasteiger partial charge in [-0.3, -0.25) is 4.79 Å².